The van der Waals surface area contributed by atoms with Crippen LogP contribution in [0.15, 0.2) is 48.5 Å². The van der Waals surface area contributed by atoms with E-state index in [-0.39, 0.29) is 6.61 Å². The molecular formula is C19H21NO4. The molecule has 0 saturated heterocycles. The fourth-order valence-electron chi connectivity index (χ4n) is 2.59. The minimum atomic E-state index is -1.12. The van der Waals surface area contributed by atoms with Gasteiger partial charge in [0, 0.05) is 7.11 Å². The van der Waals surface area contributed by atoms with Gasteiger partial charge in [0.15, 0.2) is 6.04 Å². The van der Waals surface area contributed by atoms with Gasteiger partial charge in [0.05, 0.1) is 12.2 Å². The van der Waals surface area contributed by atoms with Crippen molar-refractivity contribution in [2.45, 2.75) is 19.4 Å². The topological polar surface area (TPSA) is 75.6 Å². The molecule has 0 radical (unpaired) electrons. The number of aliphatic carboxylic acids is 1. The van der Waals surface area contributed by atoms with Crippen molar-refractivity contribution < 1.29 is 19.4 Å². The molecule has 5 nitrogen and oxygen atoms in total. The molecule has 0 aliphatic carbocycles. The summed E-state index contributed by atoms with van der Waals surface area (Å²) in [5.74, 6) is -1.53. The summed E-state index contributed by atoms with van der Waals surface area (Å²) in [6.45, 7) is 1.88. The molecule has 126 valence electrons. The van der Waals surface area contributed by atoms with Crippen molar-refractivity contribution >= 4 is 11.9 Å². The van der Waals surface area contributed by atoms with E-state index < -0.39 is 17.9 Å². The molecule has 1 amide bonds. The number of carboxylic acids is 1. The first-order valence-electron chi connectivity index (χ1n) is 7.78. The summed E-state index contributed by atoms with van der Waals surface area (Å²) in [6, 6.07) is 14.1. The molecule has 1 atom stereocenters. The van der Waals surface area contributed by atoms with Crippen molar-refractivity contribution in [2.75, 3.05) is 13.7 Å². The first-order valence-corrected chi connectivity index (χ1v) is 7.78. The number of carbonyl (C=O) groups is 2. The molecule has 2 N–H and O–H groups in total. The Balaban J connectivity index is 2.44. The van der Waals surface area contributed by atoms with E-state index >= 15 is 0 Å². The van der Waals surface area contributed by atoms with Crippen LogP contribution in [0.2, 0.25) is 0 Å². The third kappa shape index (κ3) is 4.00. The molecule has 5 heteroatoms. The maximum Gasteiger partial charge on any atom is 0.328 e. The van der Waals surface area contributed by atoms with Crippen molar-refractivity contribution in [3.8, 4) is 11.1 Å². The fraction of sp³-hybridized carbons (Fsp3) is 0.263. The molecule has 0 spiro atoms. The van der Waals surface area contributed by atoms with Gasteiger partial charge in [0.1, 0.15) is 0 Å². The lowest BCUT2D eigenvalue weighted by molar-refractivity contribution is -0.140. The van der Waals surface area contributed by atoms with E-state index in [0.29, 0.717) is 12.0 Å². The van der Waals surface area contributed by atoms with Gasteiger partial charge in [-0.2, -0.15) is 0 Å². The molecule has 0 bridgehead atoms. The van der Waals surface area contributed by atoms with Gasteiger partial charge >= 0.3 is 5.97 Å². The zero-order chi connectivity index (χ0) is 17.5. The Morgan fingerprint density at radius 3 is 2.42 bits per heavy atom. The highest BCUT2D eigenvalue weighted by Gasteiger charge is 2.23. The SMILES string of the molecule is CCc1cccc(-c2ccccc2)c1C(=O)N[C@@H](COC)C(=O)O. The summed E-state index contributed by atoms with van der Waals surface area (Å²) in [6.07, 6.45) is 0.672. The molecule has 0 aliphatic rings. The molecular weight excluding hydrogens is 306 g/mol. The summed E-state index contributed by atoms with van der Waals surface area (Å²) in [5.41, 5.74) is 3.08. The minimum Gasteiger partial charge on any atom is -0.480 e. The monoisotopic (exact) mass is 327 g/mol. The molecule has 0 saturated carbocycles. The van der Waals surface area contributed by atoms with Gasteiger partial charge in [-0.3, -0.25) is 4.79 Å². The van der Waals surface area contributed by atoms with Gasteiger partial charge in [-0.15, -0.1) is 0 Å². The van der Waals surface area contributed by atoms with Gasteiger partial charge in [-0.1, -0.05) is 55.5 Å². The number of carbonyl (C=O) groups excluding carboxylic acids is 1. The second kappa shape index (κ2) is 8.26. The third-order valence-electron chi connectivity index (χ3n) is 3.78. The molecule has 0 aromatic heterocycles. The number of ether oxygens (including phenoxy) is 1. The molecule has 0 aliphatic heterocycles. The van der Waals surface area contributed by atoms with Crippen molar-refractivity contribution in [1.82, 2.24) is 5.32 Å². The lowest BCUT2D eigenvalue weighted by atomic mass is 9.93. The normalized spacial score (nSPS) is 11.8. The standard InChI is InChI=1S/C19H21NO4/c1-3-13-10-7-11-15(14-8-5-4-6-9-14)17(13)18(21)20-16(12-24-2)19(22)23/h4-11,16H,3,12H2,1-2H3,(H,20,21)(H,22,23)/t16-/m0/s1. The third-order valence-corrected chi connectivity index (χ3v) is 3.78. The number of nitrogens with one attached hydrogen (secondary N) is 1. The van der Waals surface area contributed by atoms with Crippen molar-refractivity contribution in [2.24, 2.45) is 0 Å². The van der Waals surface area contributed by atoms with E-state index in [1.165, 1.54) is 7.11 Å². The van der Waals surface area contributed by atoms with Crippen LogP contribution in [0.4, 0.5) is 0 Å². The molecule has 24 heavy (non-hydrogen) atoms. The minimum absolute atomic E-state index is 0.0873. The van der Waals surface area contributed by atoms with E-state index in [1.54, 1.807) is 0 Å². The highest BCUT2D eigenvalue weighted by atomic mass is 16.5. The van der Waals surface area contributed by atoms with Gasteiger partial charge < -0.3 is 15.2 Å². The van der Waals surface area contributed by atoms with E-state index in [1.807, 2.05) is 55.5 Å². The maximum atomic E-state index is 12.8. The van der Waals surface area contributed by atoms with Gasteiger partial charge in [-0.05, 0) is 23.1 Å². The average molecular weight is 327 g/mol. The van der Waals surface area contributed by atoms with Crippen molar-refractivity contribution in [3.63, 3.8) is 0 Å². The molecule has 2 aromatic rings. The second-order valence-electron chi connectivity index (χ2n) is 5.38. The number of methoxy groups -OCH3 is 1. The second-order valence-corrected chi connectivity index (χ2v) is 5.38. The van der Waals surface area contributed by atoms with Crippen LogP contribution < -0.4 is 5.32 Å². The van der Waals surface area contributed by atoms with Crippen LogP contribution in [0.3, 0.4) is 0 Å². The largest absolute Gasteiger partial charge is 0.480 e. The van der Waals surface area contributed by atoms with E-state index in [2.05, 4.69) is 5.32 Å². The Morgan fingerprint density at radius 1 is 1.12 bits per heavy atom. The number of hydrogen-bond donors (Lipinski definition) is 2. The zero-order valence-electron chi connectivity index (χ0n) is 13.8. The first-order chi connectivity index (χ1) is 11.6. The Kier molecular flexibility index (Phi) is 6.09. The highest BCUT2D eigenvalue weighted by Crippen LogP contribution is 2.26. The summed E-state index contributed by atoms with van der Waals surface area (Å²) in [4.78, 5) is 24.0. The van der Waals surface area contributed by atoms with Gasteiger partial charge in [-0.25, -0.2) is 4.79 Å². The Morgan fingerprint density at radius 2 is 1.83 bits per heavy atom. The van der Waals surface area contributed by atoms with Gasteiger partial charge in [0.25, 0.3) is 5.91 Å². The number of hydrogen-bond acceptors (Lipinski definition) is 3. The van der Waals surface area contributed by atoms with E-state index in [4.69, 9.17) is 4.74 Å². The smallest absolute Gasteiger partial charge is 0.328 e. The predicted molar refractivity (Wildman–Crippen MR) is 92.0 cm³/mol. The molecule has 2 aromatic carbocycles. The number of amides is 1. The number of rotatable bonds is 7. The summed E-state index contributed by atoms with van der Waals surface area (Å²) in [5, 5.41) is 11.8. The number of carboxylic acid groups (broad SMARTS) is 1. The first kappa shape index (κ1) is 17.7. The highest BCUT2D eigenvalue weighted by molar-refractivity contribution is 6.03. The average Bonchev–Trinajstić information content (AvgIpc) is 2.61. The summed E-state index contributed by atoms with van der Waals surface area (Å²) in [7, 11) is 1.40. The molecule has 0 heterocycles. The predicted octanol–water partition coefficient (Wildman–Crippen LogP) is 2.75. The quantitative estimate of drug-likeness (QED) is 0.820. The molecule has 2 rings (SSSR count). The zero-order valence-corrected chi connectivity index (χ0v) is 13.8. The van der Waals surface area contributed by atoms with E-state index in [0.717, 1.165) is 16.7 Å². The van der Waals surface area contributed by atoms with Crippen molar-refractivity contribution in [1.29, 1.82) is 0 Å². The Labute approximate surface area is 141 Å². The van der Waals surface area contributed by atoms with E-state index in [9.17, 15) is 14.7 Å². The molecule has 0 unspecified atom stereocenters. The summed E-state index contributed by atoms with van der Waals surface area (Å²) < 4.78 is 4.88. The van der Waals surface area contributed by atoms with Crippen LogP contribution in [-0.2, 0) is 16.0 Å². The Hall–Kier alpha value is -2.66. The van der Waals surface area contributed by atoms with Crippen LogP contribution in [0, 0.1) is 0 Å². The van der Waals surface area contributed by atoms with Crippen molar-refractivity contribution in [3.05, 3.63) is 59.7 Å². The van der Waals surface area contributed by atoms with Crippen LogP contribution in [0.25, 0.3) is 11.1 Å². The number of aryl methyl sites for hydroxylation is 1. The fourth-order valence-corrected chi connectivity index (χ4v) is 2.59. The van der Waals surface area contributed by atoms with Gasteiger partial charge in [0.2, 0.25) is 0 Å². The van der Waals surface area contributed by atoms with Crippen LogP contribution in [-0.4, -0.2) is 36.7 Å². The summed E-state index contributed by atoms with van der Waals surface area (Å²) >= 11 is 0. The lowest BCUT2D eigenvalue weighted by Crippen LogP contribution is -2.44. The van der Waals surface area contributed by atoms with Crippen LogP contribution in [0.5, 0.6) is 0 Å². The van der Waals surface area contributed by atoms with Crippen LogP contribution in [0.1, 0.15) is 22.8 Å². The number of benzene rings is 2. The molecule has 0 fully saturated rings. The maximum absolute atomic E-state index is 12.8. The van der Waals surface area contributed by atoms with Crippen LogP contribution >= 0.6 is 0 Å². The lowest BCUT2D eigenvalue weighted by Gasteiger charge is -2.18. The Bertz CT molecular complexity index is 713.